The molecule has 0 aromatic rings. The molecule has 0 bridgehead atoms. The zero-order chi connectivity index (χ0) is 16.7. The Morgan fingerprint density at radius 3 is 1.95 bits per heavy atom. The van der Waals surface area contributed by atoms with Crippen LogP contribution in [0.25, 0.3) is 0 Å². The molecule has 0 rings (SSSR count). The normalized spacial score (nSPS) is 12.3. The highest BCUT2D eigenvalue weighted by Crippen LogP contribution is 2.32. The quantitative estimate of drug-likeness (QED) is 0.709. The largest absolute Gasteiger partial charge is 0.481 e. The zero-order valence-corrected chi connectivity index (χ0v) is 12.8. The molecule has 124 valence electrons. The third-order valence-corrected chi connectivity index (χ3v) is 3.80. The number of hydrogen-bond acceptors (Lipinski definition) is 2. The van der Waals surface area contributed by atoms with E-state index in [4.69, 9.17) is 0 Å². The van der Waals surface area contributed by atoms with Crippen molar-refractivity contribution in [2.75, 3.05) is 13.1 Å². The van der Waals surface area contributed by atoms with Gasteiger partial charge < -0.3 is 10.0 Å². The number of hydrogen-bond donors (Lipinski definition) is 1. The number of carbonyl (C=O) groups excluding carboxylic acids is 1. The number of halogens is 3. The molecule has 0 aliphatic carbocycles. The van der Waals surface area contributed by atoms with E-state index < -0.39 is 36.4 Å². The lowest BCUT2D eigenvalue weighted by Crippen LogP contribution is -2.43. The predicted molar refractivity (Wildman–Crippen MR) is 72.8 cm³/mol. The lowest BCUT2D eigenvalue weighted by Gasteiger charge is -2.30. The van der Waals surface area contributed by atoms with Crippen molar-refractivity contribution in [2.24, 2.45) is 5.41 Å². The van der Waals surface area contributed by atoms with Crippen LogP contribution in [0, 0.1) is 5.41 Å². The van der Waals surface area contributed by atoms with Gasteiger partial charge in [0.15, 0.2) is 0 Å². The van der Waals surface area contributed by atoms with Crippen molar-refractivity contribution < 1.29 is 27.9 Å². The second-order valence-electron chi connectivity index (χ2n) is 5.25. The lowest BCUT2D eigenvalue weighted by molar-refractivity contribution is -0.166. The van der Waals surface area contributed by atoms with Gasteiger partial charge in [-0.05, 0) is 19.3 Å². The maximum atomic E-state index is 12.5. The van der Waals surface area contributed by atoms with Crippen molar-refractivity contribution in [1.82, 2.24) is 4.90 Å². The molecule has 7 heteroatoms. The van der Waals surface area contributed by atoms with Gasteiger partial charge in [-0.1, -0.05) is 27.2 Å². The standard InChI is InChI=1S/C14H24F3NO3/c1-4-7-8-18(10-14(15,16)17)11(19)9-13(5-2,6-3)12(20)21/h4-10H2,1-3H3,(H,20,21). The second kappa shape index (κ2) is 8.24. The topological polar surface area (TPSA) is 57.6 Å². The summed E-state index contributed by atoms with van der Waals surface area (Å²) >= 11 is 0. The van der Waals surface area contributed by atoms with Crippen molar-refractivity contribution in [3.05, 3.63) is 0 Å². The third-order valence-electron chi connectivity index (χ3n) is 3.80. The van der Waals surface area contributed by atoms with Crippen LogP contribution in [-0.4, -0.2) is 41.1 Å². The van der Waals surface area contributed by atoms with E-state index in [1.54, 1.807) is 13.8 Å². The van der Waals surface area contributed by atoms with Gasteiger partial charge in [0.2, 0.25) is 5.91 Å². The molecule has 21 heavy (non-hydrogen) atoms. The van der Waals surface area contributed by atoms with Gasteiger partial charge in [-0.15, -0.1) is 0 Å². The van der Waals surface area contributed by atoms with Crippen molar-refractivity contribution in [3.63, 3.8) is 0 Å². The number of rotatable bonds is 9. The Morgan fingerprint density at radius 1 is 1.10 bits per heavy atom. The van der Waals surface area contributed by atoms with Gasteiger partial charge in [0.05, 0.1) is 5.41 Å². The number of carboxylic acids is 1. The average Bonchev–Trinajstić information content (AvgIpc) is 2.39. The highest BCUT2D eigenvalue weighted by Gasteiger charge is 2.40. The van der Waals surface area contributed by atoms with Crippen LogP contribution in [0.1, 0.15) is 52.9 Å². The molecule has 0 spiro atoms. The van der Waals surface area contributed by atoms with Gasteiger partial charge in [-0.25, -0.2) is 0 Å². The van der Waals surface area contributed by atoms with Gasteiger partial charge in [-0.3, -0.25) is 9.59 Å². The lowest BCUT2D eigenvalue weighted by atomic mass is 9.79. The summed E-state index contributed by atoms with van der Waals surface area (Å²) in [6.45, 7) is 3.75. The molecule has 0 aromatic heterocycles. The third kappa shape index (κ3) is 6.35. The minimum Gasteiger partial charge on any atom is -0.481 e. The summed E-state index contributed by atoms with van der Waals surface area (Å²) in [5.41, 5.74) is -1.28. The monoisotopic (exact) mass is 311 g/mol. The molecule has 0 unspecified atom stereocenters. The van der Waals surface area contributed by atoms with E-state index in [0.29, 0.717) is 12.8 Å². The molecule has 0 aliphatic heterocycles. The second-order valence-corrected chi connectivity index (χ2v) is 5.25. The molecule has 0 heterocycles. The molecule has 0 atom stereocenters. The van der Waals surface area contributed by atoms with Crippen LogP contribution in [0.5, 0.6) is 0 Å². The van der Waals surface area contributed by atoms with Crippen molar-refractivity contribution in [3.8, 4) is 0 Å². The molecule has 0 radical (unpaired) electrons. The van der Waals surface area contributed by atoms with Gasteiger partial charge in [0.25, 0.3) is 0 Å². The average molecular weight is 311 g/mol. The summed E-state index contributed by atoms with van der Waals surface area (Å²) in [6.07, 6.45) is -3.34. The Balaban J connectivity index is 5.05. The number of aliphatic carboxylic acids is 1. The Morgan fingerprint density at radius 2 is 1.62 bits per heavy atom. The maximum Gasteiger partial charge on any atom is 0.406 e. The van der Waals surface area contributed by atoms with Gasteiger partial charge in [0, 0.05) is 13.0 Å². The van der Waals surface area contributed by atoms with Crippen molar-refractivity contribution in [1.29, 1.82) is 0 Å². The van der Waals surface area contributed by atoms with Crippen LogP contribution in [0.15, 0.2) is 0 Å². The van der Waals surface area contributed by atoms with Crippen molar-refractivity contribution >= 4 is 11.9 Å². The fraction of sp³-hybridized carbons (Fsp3) is 0.857. The van der Waals surface area contributed by atoms with Crippen LogP contribution >= 0.6 is 0 Å². The summed E-state index contributed by atoms with van der Waals surface area (Å²) < 4.78 is 37.6. The first kappa shape index (κ1) is 19.7. The number of amides is 1. The van der Waals surface area contributed by atoms with Crippen LogP contribution < -0.4 is 0 Å². The van der Waals surface area contributed by atoms with Crippen LogP contribution in [0.3, 0.4) is 0 Å². The summed E-state index contributed by atoms with van der Waals surface area (Å²) in [4.78, 5) is 24.2. The van der Waals surface area contributed by atoms with Gasteiger partial charge in [0.1, 0.15) is 6.54 Å². The minimum absolute atomic E-state index is 0.00201. The molecule has 0 fully saturated rings. The first-order valence-electron chi connectivity index (χ1n) is 7.19. The SMILES string of the molecule is CCCCN(CC(F)(F)F)C(=O)CC(CC)(CC)C(=O)O. The molecule has 1 N–H and O–H groups in total. The molecule has 0 saturated carbocycles. The fourth-order valence-corrected chi connectivity index (χ4v) is 2.14. The van der Waals surface area contributed by atoms with E-state index in [1.807, 2.05) is 6.92 Å². The van der Waals surface area contributed by atoms with E-state index in [-0.39, 0.29) is 19.4 Å². The number of carboxylic acid groups (broad SMARTS) is 1. The van der Waals surface area contributed by atoms with E-state index in [1.165, 1.54) is 0 Å². The number of unbranched alkanes of at least 4 members (excludes halogenated alkanes) is 1. The number of alkyl halides is 3. The van der Waals surface area contributed by atoms with Crippen LogP contribution in [-0.2, 0) is 9.59 Å². The zero-order valence-electron chi connectivity index (χ0n) is 12.8. The highest BCUT2D eigenvalue weighted by molar-refractivity contribution is 5.85. The van der Waals surface area contributed by atoms with Crippen molar-refractivity contribution in [2.45, 2.75) is 59.1 Å². The molecule has 0 saturated heterocycles. The Hall–Kier alpha value is -1.27. The Kier molecular flexibility index (Phi) is 7.74. The highest BCUT2D eigenvalue weighted by atomic mass is 19.4. The van der Waals surface area contributed by atoms with Gasteiger partial charge in [-0.2, -0.15) is 13.2 Å². The molecule has 0 aliphatic rings. The van der Waals surface area contributed by atoms with Crippen LogP contribution in [0.4, 0.5) is 13.2 Å². The maximum absolute atomic E-state index is 12.5. The van der Waals surface area contributed by atoms with E-state index in [2.05, 4.69) is 0 Å². The summed E-state index contributed by atoms with van der Waals surface area (Å²) in [6, 6.07) is 0. The summed E-state index contributed by atoms with van der Waals surface area (Å²) in [5.74, 6) is -1.88. The molecular weight excluding hydrogens is 287 g/mol. The molecule has 4 nitrogen and oxygen atoms in total. The Bertz CT molecular complexity index is 352. The van der Waals surface area contributed by atoms with E-state index in [0.717, 1.165) is 4.90 Å². The molecule has 0 aromatic carbocycles. The number of carbonyl (C=O) groups is 2. The van der Waals surface area contributed by atoms with E-state index in [9.17, 15) is 27.9 Å². The smallest absolute Gasteiger partial charge is 0.406 e. The molecule has 1 amide bonds. The van der Waals surface area contributed by atoms with Crippen LogP contribution in [0.2, 0.25) is 0 Å². The predicted octanol–water partition coefficient (Wildman–Crippen LogP) is 3.46. The minimum atomic E-state index is -4.48. The summed E-state index contributed by atoms with van der Waals surface area (Å²) in [7, 11) is 0. The first-order valence-corrected chi connectivity index (χ1v) is 7.19. The van der Waals surface area contributed by atoms with E-state index >= 15 is 0 Å². The summed E-state index contributed by atoms with van der Waals surface area (Å²) in [5, 5.41) is 9.27. The number of nitrogens with zero attached hydrogens (tertiary/aromatic N) is 1. The van der Waals surface area contributed by atoms with Gasteiger partial charge >= 0.3 is 12.1 Å². The molecular formula is C14H24F3NO3. The Labute approximate surface area is 123 Å². The fourth-order valence-electron chi connectivity index (χ4n) is 2.14. The first-order chi connectivity index (χ1) is 9.61.